The smallest absolute Gasteiger partial charge is 0.338 e. The number of aromatic nitrogens is 3. The van der Waals surface area contributed by atoms with E-state index < -0.39 is 11.5 Å². The molecule has 1 amide bonds. The van der Waals surface area contributed by atoms with E-state index in [1.165, 1.54) is 18.7 Å². The van der Waals surface area contributed by atoms with Gasteiger partial charge in [0.15, 0.2) is 10.8 Å². The molecular formula is C22H24N4O4S. The van der Waals surface area contributed by atoms with Crippen LogP contribution in [0.5, 0.6) is 0 Å². The maximum Gasteiger partial charge on any atom is 0.338 e. The molecule has 0 saturated heterocycles. The van der Waals surface area contributed by atoms with Gasteiger partial charge in [-0.2, -0.15) is 0 Å². The first-order valence-electron chi connectivity index (χ1n) is 9.83. The molecule has 0 fully saturated rings. The van der Waals surface area contributed by atoms with Crippen molar-refractivity contribution in [2.45, 2.75) is 38.4 Å². The predicted molar refractivity (Wildman–Crippen MR) is 119 cm³/mol. The normalized spacial score (nSPS) is 11.9. The van der Waals surface area contributed by atoms with E-state index in [0.29, 0.717) is 5.69 Å². The molecule has 2 N–H and O–H groups in total. The van der Waals surface area contributed by atoms with E-state index in [9.17, 15) is 14.4 Å². The van der Waals surface area contributed by atoms with Crippen molar-refractivity contribution >= 4 is 34.7 Å². The Kier molecular flexibility index (Phi) is 7.06. The largest absolute Gasteiger partial charge is 0.465 e. The summed E-state index contributed by atoms with van der Waals surface area (Å²) in [4.78, 5) is 48.1. The molecule has 0 spiro atoms. The monoisotopic (exact) mass is 440 g/mol. The summed E-state index contributed by atoms with van der Waals surface area (Å²) in [6.07, 6.45) is 0.962. The zero-order chi connectivity index (χ0) is 22.5. The minimum atomic E-state index is -0.636. The van der Waals surface area contributed by atoms with E-state index in [4.69, 9.17) is 4.74 Å². The van der Waals surface area contributed by atoms with E-state index in [2.05, 4.69) is 27.2 Å². The van der Waals surface area contributed by atoms with Gasteiger partial charge in [-0.15, -0.1) is 0 Å². The average Bonchev–Trinajstić information content (AvgIpc) is 2.76. The van der Waals surface area contributed by atoms with Crippen molar-refractivity contribution in [3.8, 4) is 0 Å². The molecule has 9 heteroatoms. The number of aromatic amines is 1. The fourth-order valence-corrected chi connectivity index (χ4v) is 3.79. The summed E-state index contributed by atoms with van der Waals surface area (Å²) in [6.45, 7) is 5.71. The van der Waals surface area contributed by atoms with Crippen LogP contribution in [0.2, 0.25) is 0 Å². The lowest BCUT2D eigenvalue weighted by molar-refractivity contribution is -0.119. The standard InChI is InChI=1S/C22H24N4O4S/c1-5-14-6-8-15(9-7-14)13(3)24-17(27)11-31-22-25-19-18(20(28)26-22)16(21(29)30-4)10-12(2)23-19/h6-10,13H,5,11H2,1-4H3,(H,24,27)(H,23,25,26,28). The molecule has 0 saturated carbocycles. The number of nitrogens with one attached hydrogen (secondary N) is 2. The third-order valence-electron chi connectivity index (χ3n) is 4.79. The quantitative estimate of drug-likeness (QED) is 0.330. The lowest BCUT2D eigenvalue weighted by atomic mass is 10.1. The Hall–Kier alpha value is -3.20. The third-order valence-corrected chi connectivity index (χ3v) is 5.67. The molecule has 3 aromatic rings. The van der Waals surface area contributed by atoms with Crippen molar-refractivity contribution in [3.05, 3.63) is 63.1 Å². The first-order chi connectivity index (χ1) is 14.8. The van der Waals surface area contributed by atoms with Crippen LogP contribution < -0.4 is 10.9 Å². The van der Waals surface area contributed by atoms with Gasteiger partial charge in [0, 0.05) is 5.69 Å². The van der Waals surface area contributed by atoms with Crippen LogP contribution in [-0.4, -0.2) is 39.7 Å². The van der Waals surface area contributed by atoms with Crippen LogP contribution in [0.4, 0.5) is 0 Å². The number of methoxy groups -OCH3 is 1. The van der Waals surface area contributed by atoms with Crippen LogP contribution in [0, 0.1) is 6.92 Å². The highest BCUT2D eigenvalue weighted by atomic mass is 32.2. The Morgan fingerprint density at radius 3 is 2.58 bits per heavy atom. The van der Waals surface area contributed by atoms with Gasteiger partial charge >= 0.3 is 5.97 Å². The topological polar surface area (TPSA) is 114 Å². The number of carbonyl (C=O) groups is 2. The molecule has 0 aliphatic heterocycles. The molecule has 0 bridgehead atoms. The van der Waals surface area contributed by atoms with Crippen LogP contribution in [0.25, 0.3) is 11.0 Å². The van der Waals surface area contributed by atoms with Gasteiger partial charge in [0.1, 0.15) is 0 Å². The summed E-state index contributed by atoms with van der Waals surface area (Å²) in [5.74, 6) is -0.752. The number of esters is 1. The molecule has 0 aliphatic rings. The number of fused-ring (bicyclic) bond motifs is 1. The number of carbonyl (C=O) groups excluding carboxylic acids is 2. The second-order valence-electron chi connectivity index (χ2n) is 7.05. The Labute approximate surface area is 183 Å². The number of hydrogen-bond acceptors (Lipinski definition) is 7. The zero-order valence-electron chi connectivity index (χ0n) is 17.8. The van der Waals surface area contributed by atoms with E-state index in [1.54, 1.807) is 6.92 Å². The molecule has 0 radical (unpaired) electrons. The summed E-state index contributed by atoms with van der Waals surface area (Å²) < 4.78 is 4.74. The molecule has 1 aromatic carbocycles. The van der Waals surface area contributed by atoms with Crippen LogP contribution in [0.15, 0.2) is 40.3 Å². The number of H-pyrrole nitrogens is 1. The van der Waals surface area contributed by atoms with E-state index in [0.717, 1.165) is 23.7 Å². The van der Waals surface area contributed by atoms with Gasteiger partial charge in [-0.05, 0) is 37.5 Å². The van der Waals surface area contributed by atoms with Gasteiger partial charge in [-0.25, -0.2) is 14.8 Å². The Bertz CT molecular complexity index is 1170. The minimum absolute atomic E-state index is 0.0652. The molecular weight excluding hydrogens is 416 g/mol. The molecule has 8 nitrogen and oxygen atoms in total. The van der Waals surface area contributed by atoms with E-state index >= 15 is 0 Å². The highest BCUT2D eigenvalue weighted by Crippen LogP contribution is 2.19. The summed E-state index contributed by atoms with van der Waals surface area (Å²) in [6, 6.07) is 9.45. The van der Waals surface area contributed by atoms with Crippen molar-refractivity contribution in [1.82, 2.24) is 20.3 Å². The molecule has 1 unspecified atom stereocenters. The minimum Gasteiger partial charge on any atom is -0.465 e. The van der Waals surface area contributed by atoms with Gasteiger partial charge in [0.25, 0.3) is 5.56 Å². The van der Waals surface area contributed by atoms with E-state index in [-0.39, 0.29) is 39.5 Å². The van der Waals surface area contributed by atoms with Crippen molar-refractivity contribution in [2.24, 2.45) is 0 Å². The first-order valence-corrected chi connectivity index (χ1v) is 10.8. The van der Waals surface area contributed by atoms with Crippen LogP contribution >= 0.6 is 11.8 Å². The molecule has 0 aliphatic carbocycles. The van der Waals surface area contributed by atoms with Gasteiger partial charge in [-0.3, -0.25) is 9.59 Å². The van der Waals surface area contributed by atoms with Crippen LogP contribution in [-0.2, 0) is 16.0 Å². The van der Waals surface area contributed by atoms with Gasteiger partial charge < -0.3 is 15.0 Å². The van der Waals surface area contributed by atoms with Gasteiger partial charge in [0.05, 0.1) is 29.9 Å². The zero-order valence-corrected chi connectivity index (χ0v) is 18.6. The van der Waals surface area contributed by atoms with E-state index in [1.807, 2.05) is 31.2 Å². The first kappa shape index (κ1) is 22.5. The molecule has 3 rings (SSSR count). The second kappa shape index (κ2) is 9.74. The maximum absolute atomic E-state index is 12.6. The summed E-state index contributed by atoms with van der Waals surface area (Å²) in [5, 5.41) is 3.26. The number of benzene rings is 1. The van der Waals surface area contributed by atoms with Crippen molar-refractivity contribution < 1.29 is 14.3 Å². The van der Waals surface area contributed by atoms with Crippen molar-refractivity contribution in [3.63, 3.8) is 0 Å². The molecule has 31 heavy (non-hydrogen) atoms. The lowest BCUT2D eigenvalue weighted by Gasteiger charge is -2.14. The van der Waals surface area contributed by atoms with Gasteiger partial charge in [-0.1, -0.05) is 43.0 Å². The third kappa shape index (κ3) is 5.29. The molecule has 2 heterocycles. The lowest BCUT2D eigenvalue weighted by Crippen LogP contribution is -2.28. The number of hydrogen-bond donors (Lipinski definition) is 2. The van der Waals surface area contributed by atoms with Crippen molar-refractivity contribution in [2.75, 3.05) is 12.9 Å². The number of nitrogens with zero attached hydrogens (tertiary/aromatic N) is 2. The fourth-order valence-electron chi connectivity index (χ4n) is 3.13. The molecule has 1 atom stereocenters. The SMILES string of the molecule is CCc1ccc(C(C)NC(=O)CSc2nc3nc(C)cc(C(=O)OC)c3c(=O)[nH]2)cc1. The Morgan fingerprint density at radius 2 is 1.94 bits per heavy atom. The number of ether oxygens (including phenoxy) is 1. The number of pyridine rings is 1. The number of amides is 1. The number of aryl methyl sites for hydroxylation is 2. The number of rotatable bonds is 7. The van der Waals surface area contributed by atoms with Crippen molar-refractivity contribution in [1.29, 1.82) is 0 Å². The average molecular weight is 441 g/mol. The highest BCUT2D eigenvalue weighted by molar-refractivity contribution is 7.99. The maximum atomic E-state index is 12.6. The van der Waals surface area contributed by atoms with Crippen LogP contribution in [0.3, 0.4) is 0 Å². The van der Waals surface area contributed by atoms with Crippen LogP contribution in [0.1, 0.15) is 47.1 Å². The fraction of sp³-hybridized carbons (Fsp3) is 0.318. The molecule has 2 aromatic heterocycles. The highest BCUT2D eigenvalue weighted by Gasteiger charge is 2.18. The van der Waals surface area contributed by atoms with Gasteiger partial charge in [0.2, 0.25) is 5.91 Å². The summed E-state index contributed by atoms with van der Waals surface area (Å²) in [5.41, 5.74) is 2.52. The Morgan fingerprint density at radius 1 is 1.23 bits per heavy atom. The summed E-state index contributed by atoms with van der Waals surface area (Å²) >= 11 is 1.09. The molecule has 162 valence electrons. The Balaban J connectivity index is 1.72. The number of thioether (sulfide) groups is 1. The summed E-state index contributed by atoms with van der Waals surface area (Å²) in [7, 11) is 1.24. The predicted octanol–water partition coefficient (Wildman–Crippen LogP) is 2.95. The second-order valence-corrected chi connectivity index (χ2v) is 8.01.